The molecule has 1 saturated heterocycles. The van der Waals surface area contributed by atoms with E-state index in [2.05, 4.69) is 20.4 Å². The standard InChI is InChI=1S/C25H29F3N4O3/c26-25(27,28)19-4-1-3-18(14-19)23(34)29-15-21(33)13-17-8-12-32(16-17)20-6-9-24(35,10-7-20)22-5-2-11-30-31-22/h1-5,11,14,17,20,35H,6-10,12-13,15-16H2,(H,29,34)/t17-,20?,24?/m0/s1. The highest BCUT2D eigenvalue weighted by molar-refractivity contribution is 5.96. The number of rotatable bonds is 7. The van der Waals surface area contributed by atoms with Gasteiger partial charge in [-0.1, -0.05) is 6.07 Å². The number of Topliss-reactive ketones (excluding diaryl/α,β-unsaturated/α-hetero) is 1. The Morgan fingerprint density at radius 2 is 1.91 bits per heavy atom. The Labute approximate surface area is 201 Å². The Hall–Kier alpha value is -2.85. The molecule has 0 unspecified atom stereocenters. The summed E-state index contributed by atoms with van der Waals surface area (Å²) in [6.45, 7) is 1.45. The Balaban J connectivity index is 1.21. The van der Waals surface area contributed by atoms with Crippen molar-refractivity contribution >= 4 is 11.7 Å². The zero-order chi connectivity index (χ0) is 25.1. The number of carbonyl (C=O) groups excluding carboxylic acids is 2. The van der Waals surface area contributed by atoms with Crippen molar-refractivity contribution in [2.75, 3.05) is 19.6 Å². The maximum atomic E-state index is 12.8. The van der Waals surface area contributed by atoms with Crippen molar-refractivity contribution < 1.29 is 27.9 Å². The summed E-state index contributed by atoms with van der Waals surface area (Å²) in [7, 11) is 0. The summed E-state index contributed by atoms with van der Waals surface area (Å²) < 4.78 is 38.5. The number of likely N-dealkylation sites (tertiary alicyclic amines) is 1. The number of halogens is 3. The second kappa shape index (κ2) is 10.4. The van der Waals surface area contributed by atoms with Gasteiger partial charge in [-0.25, -0.2) is 0 Å². The molecule has 0 spiro atoms. The summed E-state index contributed by atoms with van der Waals surface area (Å²) in [4.78, 5) is 27.0. The Kier molecular flexibility index (Phi) is 7.51. The highest BCUT2D eigenvalue weighted by Gasteiger charge is 2.39. The molecule has 1 atom stereocenters. The van der Waals surface area contributed by atoms with Crippen LogP contribution in [0.1, 0.15) is 60.1 Å². The number of ketones is 1. The van der Waals surface area contributed by atoms with Crippen molar-refractivity contribution in [3.05, 3.63) is 59.4 Å². The molecule has 4 rings (SSSR count). The topological polar surface area (TPSA) is 95.4 Å². The van der Waals surface area contributed by atoms with Crippen molar-refractivity contribution in [2.24, 2.45) is 5.92 Å². The number of nitrogens with one attached hydrogen (secondary N) is 1. The van der Waals surface area contributed by atoms with Crippen LogP contribution >= 0.6 is 0 Å². The first-order valence-electron chi connectivity index (χ1n) is 11.9. The molecule has 0 bridgehead atoms. The van der Waals surface area contributed by atoms with Crippen LogP contribution in [0.3, 0.4) is 0 Å². The number of aliphatic hydroxyl groups is 1. The number of carbonyl (C=O) groups is 2. The van der Waals surface area contributed by atoms with Gasteiger partial charge >= 0.3 is 6.18 Å². The highest BCUT2D eigenvalue weighted by atomic mass is 19.4. The van der Waals surface area contributed by atoms with E-state index in [0.717, 1.165) is 44.5 Å². The second-order valence-electron chi connectivity index (χ2n) is 9.53. The van der Waals surface area contributed by atoms with E-state index >= 15 is 0 Å². The number of hydrogen-bond donors (Lipinski definition) is 2. The number of benzene rings is 1. The molecule has 2 fully saturated rings. The molecule has 10 heteroatoms. The first-order chi connectivity index (χ1) is 16.6. The first kappa shape index (κ1) is 25.2. The van der Waals surface area contributed by atoms with E-state index in [1.54, 1.807) is 18.3 Å². The van der Waals surface area contributed by atoms with Crippen molar-refractivity contribution in [1.29, 1.82) is 0 Å². The summed E-state index contributed by atoms with van der Waals surface area (Å²) >= 11 is 0. The third-order valence-corrected chi connectivity index (χ3v) is 7.08. The molecule has 2 aliphatic rings. The van der Waals surface area contributed by atoms with E-state index in [-0.39, 0.29) is 23.8 Å². The molecule has 1 aromatic carbocycles. The monoisotopic (exact) mass is 490 g/mol. The molecule has 1 aliphatic carbocycles. The van der Waals surface area contributed by atoms with Gasteiger partial charge in [-0.05, 0) is 74.9 Å². The van der Waals surface area contributed by atoms with E-state index in [0.29, 0.717) is 31.0 Å². The number of aromatic nitrogens is 2. The average Bonchev–Trinajstić information content (AvgIpc) is 3.31. The molecule has 188 valence electrons. The second-order valence-corrected chi connectivity index (χ2v) is 9.53. The normalized spacial score (nSPS) is 25.4. The van der Waals surface area contributed by atoms with Gasteiger partial charge in [-0.15, -0.1) is 0 Å². The van der Waals surface area contributed by atoms with E-state index in [4.69, 9.17) is 0 Å². The molecular formula is C25H29F3N4O3. The molecular weight excluding hydrogens is 461 g/mol. The molecule has 1 aliphatic heterocycles. The summed E-state index contributed by atoms with van der Waals surface area (Å²) in [5.41, 5.74) is -1.37. The minimum Gasteiger partial charge on any atom is -0.383 e. The van der Waals surface area contributed by atoms with Crippen molar-refractivity contribution in [2.45, 2.75) is 56.3 Å². The lowest BCUT2D eigenvalue weighted by Crippen LogP contribution is -2.42. The Bertz CT molecular complexity index is 1040. The van der Waals surface area contributed by atoms with Crippen molar-refractivity contribution in [3.63, 3.8) is 0 Å². The third-order valence-electron chi connectivity index (χ3n) is 7.08. The molecule has 2 N–H and O–H groups in total. The van der Waals surface area contributed by atoms with Gasteiger partial charge < -0.3 is 15.3 Å². The quantitative estimate of drug-likeness (QED) is 0.618. The minimum absolute atomic E-state index is 0.126. The average molecular weight is 491 g/mol. The van der Waals surface area contributed by atoms with Gasteiger partial charge in [-0.3, -0.25) is 9.59 Å². The largest absolute Gasteiger partial charge is 0.416 e. The summed E-state index contributed by atoms with van der Waals surface area (Å²) in [6.07, 6.45) is 1.12. The molecule has 2 aromatic rings. The van der Waals surface area contributed by atoms with Crippen LogP contribution in [0.2, 0.25) is 0 Å². The van der Waals surface area contributed by atoms with Crippen LogP contribution in [0, 0.1) is 5.92 Å². The highest BCUT2D eigenvalue weighted by Crippen LogP contribution is 2.39. The SMILES string of the molecule is O=C(CNC(=O)c1cccc(C(F)(F)F)c1)C[C@@H]1CCN(C2CCC(O)(c3cccnn3)CC2)C1. The van der Waals surface area contributed by atoms with Crippen LogP contribution < -0.4 is 5.32 Å². The molecule has 1 saturated carbocycles. The van der Waals surface area contributed by atoms with Crippen LogP contribution in [0.4, 0.5) is 13.2 Å². The van der Waals surface area contributed by atoms with Gasteiger partial charge in [0.25, 0.3) is 5.91 Å². The number of amides is 1. The molecule has 2 heterocycles. The summed E-state index contributed by atoms with van der Waals surface area (Å²) in [6, 6.07) is 8.06. The lowest BCUT2D eigenvalue weighted by Gasteiger charge is -2.39. The number of nitrogens with zero attached hydrogens (tertiary/aromatic N) is 3. The fraction of sp³-hybridized carbons (Fsp3) is 0.520. The zero-order valence-corrected chi connectivity index (χ0v) is 19.3. The fourth-order valence-corrected chi connectivity index (χ4v) is 5.12. The van der Waals surface area contributed by atoms with E-state index in [1.165, 1.54) is 12.1 Å². The maximum Gasteiger partial charge on any atom is 0.416 e. The maximum absolute atomic E-state index is 12.8. The van der Waals surface area contributed by atoms with Gasteiger partial charge in [0.05, 0.1) is 17.8 Å². The minimum atomic E-state index is -4.53. The van der Waals surface area contributed by atoms with Crippen LogP contribution in [0.25, 0.3) is 0 Å². The predicted molar refractivity (Wildman–Crippen MR) is 121 cm³/mol. The van der Waals surface area contributed by atoms with Gasteiger partial charge in [0, 0.05) is 30.8 Å². The Morgan fingerprint density at radius 1 is 1.14 bits per heavy atom. The molecule has 1 amide bonds. The van der Waals surface area contributed by atoms with Crippen LogP contribution in [0.15, 0.2) is 42.6 Å². The van der Waals surface area contributed by atoms with Crippen LogP contribution in [0.5, 0.6) is 0 Å². The number of alkyl halides is 3. The Morgan fingerprint density at radius 3 is 2.60 bits per heavy atom. The summed E-state index contributed by atoms with van der Waals surface area (Å²) in [5.74, 6) is -0.665. The van der Waals surface area contributed by atoms with Crippen LogP contribution in [-0.4, -0.2) is 57.6 Å². The number of hydrogen-bond acceptors (Lipinski definition) is 6. The third kappa shape index (κ3) is 6.24. The van der Waals surface area contributed by atoms with E-state index in [1.807, 2.05) is 0 Å². The smallest absolute Gasteiger partial charge is 0.383 e. The first-order valence-corrected chi connectivity index (χ1v) is 11.9. The van der Waals surface area contributed by atoms with E-state index < -0.39 is 23.2 Å². The predicted octanol–water partition coefficient (Wildman–Crippen LogP) is 3.34. The lowest BCUT2D eigenvalue weighted by molar-refractivity contribution is -0.137. The molecule has 35 heavy (non-hydrogen) atoms. The van der Waals surface area contributed by atoms with Gasteiger partial charge in [0.1, 0.15) is 5.60 Å². The summed E-state index contributed by atoms with van der Waals surface area (Å²) in [5, 5.41) is 21.3. The molecule has 0 radical (unpaired) electrons. The van der Waals surface area contributed by atoms with Crippen molar-refractivity contribution in [3.8, 4) is 0 Å². The van der Waals surface area contributed by atoms with Gasteiger partial charge in [-0.2, -0.15) is 23.4 Å². The zero-order valence-electron chi connectivity index (χ0n) is 19.3. The van der Waals surface area contributed by atoms with Gasteiger partial charge in [0.15, 0.2) is 5.78 Å². The fourth-order valence-electron chi connectivity index (χ4n) is 5.12. The van der Waals surface area contributed by atoms with Crippen LogP contribution in [-0.2, 0) is 16.6 Å². The molecule has 1 aromatic heterocycles. The van der Waals surface area contributed by atoms with Gasteiger partial charge in [0.2, 0.25) is 0 Å². The molecule has 7 nitrogen and oxygen atoms in total. The van der Waals surface area contributed by atoms with Crippen molar-refractivity contribution in [1.82, 2.24) is 20.4 Å². The van der Waals surface area contributed by atoms with E-state index in [9.17, 15) is 27.9 Å². The lowest BCUT2D eigenvalue weighted by atomic mass is 9.79.